The van der Waals surface area contributed by atoms with Crippen molar-refractivity contribution in [1.29, 1.82) is 0 Å². The van der Waals surface area contributed by atoms with Gasteiger partial charge in [-0.15, -0.1) is 0 Å². The van der Waals surface area contributed by atoms with Crippen LogP contribution in [-0.2, 0) is 10.0 Å². The first-order valence-corrected chi connectivity index (χ1v) is 9.60. The van der Waals surface area contributed by atoms with E-state index in [9.17, 15) is 23.3 Å². The number of rotatable bonds is 6. The van der Waals surface area contributed by atoms with E-state index < -0.39 is 26.4 Å². The number of nitrogens with one attached hydrogen (secondary N) is 1. The van der Waals surface area contributed by atoms with E-state index in [-0.39, 0.29) is 21.8 Å². The normalized spacial score (nSPS) is 11.0. The Morgan fingerprint density at radius 2 is 1.71 bits per heavy atom. The molecule has 28 heavy (non-hydrogen) atoms. The van der Waals surface area contributed by atoms with Crippen molar-refractivity contribution in [3.05, 3.63) is 93.7 Å². The quantitative estimate of drug-likeness (QED) is 0.387. The lowest BCUT2D eigenvalue weighted by Gasteiger charge is -2.11. The summed E-state index contributed by atoms with van der Waals surface area (Å²) in [5, 5.41) is 11.1. The molecule has 0 aliphatic carbocycles. The average Bonchev–Trinajstić information content (AvgIpc) is 2.68. The van der Waals surface area contributed by atoms with Crippen molar-refractivity contribution in [2.24, 2.45) is 0 Å². The second-order valence-corrected chi connectivity index (χ2v) is 7.64. The van der Waals surface area contributed by atoms with Crippen LogP contribution >= 0.6 is 0 Å². The number of nitrogens with zero attached hydrogens (tertiary/aromatic N) is 2. The molecule has 0 saturated heterocycles. The van der Waals surface area contributed by atoms with Crippen molar-refractivity contribution in [2.45, 2.75) is 11.8 Å². The molecule has 142 valence electrons. The summed E-state index contributed by atoms with van der Waals surface area (Å²) in [6.45, 7) is 1.82. The predicted octanol–water partition coefficient (Wildman–Crippen LogP) is 3.33. The van der Waals surface area contributed by atoms with Crippen LogP contribution in [0.2, 0.25) is 0 Å². The van der Waals surface area contributed by atoms with Gasteiger partial charge in [0.05, 0.1) is 15.4 Å². The fourth-order valence-electron chi connectivity index (χ4n) is 2.46. The number of hydrogen-bond acceptors (Lipinski definition) is 6. The van der Waals surface area contributed by atoms with Crippen molar-refractivity contribution >= 4 is 27.3 Å². The third-order valence-corrected chi connectivity index (χ3v) is 5.28. The second kappa shape index (κ2) is 7.57. The minimum Gasteiger partial charge on any atom is -0.288 e. The van der Waals surface area contributed by atoms with Crippen LogP contribution in [0.5, 0.6) is 0 Å². The summed E-state index contributed by atoms with van der Waals surface area (Å²) in [6, 6.07) is 15.1. The zero-order valence-electron chi connectivity index (χ0n) is 14.7. The number of aryl methyl sites for hydroxylation is 1. The molecule has 2 aromatic carbocycles. The van der Waals surface area contributed by atoms with E-state index in [1.165, 1.54) is 24.3 Å². The Hall–Kier alpha value is -3.59. The summed E-state index contributed by atoms with van der Waals surface area (Å²) in [5.74, 6) is -0.863. The Kier molecular flexibility index (Phi) is 5.18. The maximum absolute atomic E-state index is 12.8. The average molecular weight is 397 g/mol. The topological polar surface area (TPSA) is 119 Å². The third-order valence-electron chi connectivity index (χ3n) is 3.93. The van der Waals surface area contributed by atoms with Gasteiger partial charge in [0.15, 0.2) is 11.6 Å². The van der Waals surface area contributed by atoms with Crippen molar-refractivity contribution in [1.82, 2.24) is 4.98 Å². The number of anilines is 1. The smallest absolute Gasteiger partial charge is 0.288 e. The van der Waals surface area contributed by atoms with Gasteiger partial charge >= 0.3 is 0 Å². The number of benzene rings is 2. The highest BCUT2D eigenvalue weighted by Crippen LogP contribution is 2.25. The van der Waals surface area contributed by atoms with Crippen LogP contribution in [0, 0.1) is 17.0 Å². The Bertz CT molecular complexity index is 1140. The molecule has 3 rings (SSSR count). The molecule has 0 radical (unpaired) electrons. The van der Waals surface area contributed by atoms with Crippen LogP contribution < -0.4 is 4.72 Å². The molecule has 0 aliphatic rings. The first-order valence-electron chi connectivity index (χ1n) is 8.11. The second-order valence-electron chi connectivity index (χ2n) is 5.96. The van der Waals surface area contributed by atoms with Crippen molar-refractivity contribution in [3.63, 3.8) is 0 Å². The molecular formula is C19H15N3O5S. The molecule has 9 heteroatoms. The lowest BCUT2D eigenvalue weighted by atomic mass is 10.0. The Balaban J connectivity index is 2.06. The van der Waals surface area contributed by atoms with Crippen LogP contribution in [0.25, 0.3) is 0 Å². The zero-order valence-corrected chi connectivity index (χ0v) is 15.5. The van der Waals surface area contributed by atoms with Gasteiger partial charge in [0, 0.05) is 11.6 Å². The van der Waals surface area contributed by atoms with Crippen LogP contribution in [0.1, 0.15) is 21.5 Å². The van der Waals surface area contributed by atoms with E-state index >= 15 is 0 Å². The van der Waals surface area contributed by atoms with Crippen LogP contribution in [-0.4, -0.2) is 24.1 Å². The zero-order chi connectivity index (χ0) is 20.3. The Labute approximate surface area is 161 Å². The summed E-state index contributed by atoms with van der Waals surface area (Å²) in [7, 11) is -4.04. The monoisotopic (exact) mass is 397 g/mol. The number of hydrogen-bond donors (Lipinski definition) is 1. The molecule has 0 fully saturated rings. The number of nitro groups is 1. The highest BCUT2D eigenvalue weighted by Gasteiger charge is 2.23. The molecule has 0 atom stereocenters. The van der Waals surface area contributed by atoms with Gasteiger partial charge in [-0.05, 0) is 19.1 Å². The standard InChI is InChI=1S/C19H15N3O5S/c1-13-7-9-16(10-8-13)28(26,27)21-19-17(11-15(12-20-19)22(24)25)18(23)14-5-3-2-4-6-14/h2-12H,1H3,(H,20,21). The van der Waals surface area contributed by atoms with Gasteiger partial charge in [-0.1, -0.05) is 48.0 Å². The van der Waals surface area contributed by atoms with Crippen molar-refractivity contribution in [3.8, 4) is 0 Å². The first-order chi connectivity index (χ1) is 13.3. The summed E-state index contributed by atoms with van der Waals surface area (Å²) >= 11 is 0. The predicted molar refractivity (Wildman–Crippen MR) is 103 cm³/mol. The fraction of sp³-hybridized carbons (Fsp3) is 0.0526. The number of carbonyl (C=O) groups is 1. The molecule has 3 aromatic rings. The van der Waals surface area contributed by atoms with Gasteiger partial charge in [-0.25, -0.2) is 13.4 Å². The summed E-state index contributed by atoms with van der Waals surface area (Å²) in [5.41, 5.74) is 0.501. The Morgan fingerprint density at radius 1 is 1.07 bits per heavy atom. The number of ketones is 1. The summed E-state index contributed by atoms with van der Waals surface area (Å²) in [6.07, 6.45) is 0.898. The van der Waals surface area contributed by atoms with Gasteiger partial charge < -0.3 is 0 Å². The molecule has 0 amide bonds. The van der Waals surface area contributed by atoms with E-state index in [1.54, 1.807) is 30.3 Å². The summed E-state index contributed by atoms with van der Waals surface area (Å²) < 4.78 is 27.6. The molecule has 0 spiro atoms. The van der Waals surface area contributed by atoms with Crippen LogP contribution in [0.4, 0.5) is 11.5 Å². The van der Waals surface area contributed by atoms with E-state index in [2.05, 4.69) is 9.71 Å². The molecule has 0 saturated carbocycles. The van der Waals surface area contributed by atoms with E-state index in [0.29, 0.717) is 0 Å². The number of sulfonamides is 1. The van der Waals surface area contributed by atoms with E-state index in [1.807, 2.05) is 6.92 Å². The van der Waals surface area contributed by atoms with E-state index in [4.69, 9.17) is 0 Å². The molecule has 0 unspecified atom stereocenters. The van der Waals surface area contributed by atoms with E-state index in [0.717, 1.165) is 17.8 Å². The summed E-state index contributed by atoms with van der Waals surface area (Å²) in [4.78, 5) is 27.0. The molecular weight excluding hydrogens is 382 g/mol. The van der Waals surface area contributed by atoms with Crippen molar-refractivity contribution in [2.75, 3.05) is 4.72 Å². The number of aromatic nitrogens is 1. The molecule has 1 N–H and O–H groups in total. The molecule has 1 heterocycles. The highest BCUT2D eigenvalue weighted by atomic mass is 32.2. The van der Waals surface area contributed by atoms with Crippen molar-refractivity contribution < 1.29 is 18.1 Å². The molecule has 0 aliphatic heterocycles. The molecule has 1 aromatic heterocycles. The van der Waals surface area contributed by atoms with Crippen LogP contribution in [0.3, 0.4) is 0 Å². The number of pyridine rings is 1. The maximum Gasteiger partial charge on any atom is 0.288 e. The minimum absolute atomic E-state index is 0.0173. The van der Waals surface area contributed by atoms with Gasteiger partial charge in [-0.2, -0.15) is 0 Å². The molecule has 8 nitrogen and oxygen atoms in total. The first kappa shape index (κ1) is 19.2. The molecule has 0 bridgehead atoms. The minimum atomic E-state index is -4.04. The Morgan fingerprint density at radius 3 is 2.32 bits per heavy atom. The third kappa shape index (κ3) is 4.04. The van der Waals surface area contributed by atoms with Gasteiger partial charge in [0.25, 0.3) is 15.7 Å². The van der Waals surface area contributed by atoms with Crippen LogP contribution in [0.15, 0.2) is 71.8 Å². The maximum atomic E-state index is 12.8. The SMILES string of the molecule is Cc1ccc(S(=O)(=O)Nc2ncc([N+](=O)[O-])cc2C(=O)c2ccccc2)cc1. The fourth-order valence-corrected chi connectivity index (χ4v) is 3.49. The van der Waals surface area contributed by atoms with Gasteiger partial charge in [-0.3, -0.25) is 19.6 Å². The largest absolute Gasteiger partial charge is 0.288 e. The lowest BCUT2D eigenvalue weighted by molar-refractivity contribution is -0.385. The van der Waals surface area contributed by atoms with Gasteiger partial charge in [0.2, 0.25) is 0 Å². The number of carbonyl (C=O) groups excluding carboxylic acids is 1. The van der Waals surface area contributed by atoms with Gasteiger partial charge in [0.1, 0.15) is 6.20 Å². The highest BCUT2D eigenvalue weighted by molar-refractivity contribution is 7.92. The lowest BCUT2D eigenvalue weighted by Crippen LogP contribution is -2.17.